The van der Waals surface area contributed by atoms with Crippen LogP contribution in [-0.2, 0) is 10.8 Å². The summed E-state index contributed by atoms with van der Waals surface area (Å²) in [6.07, 6.45) is 9.00. The van der Waals surface area contributed by atoms with Crippen molar-refractivity contribution in [2.24, 2.45) is 5.92 Å². The quantitative estimate of drug-likeness (QED) is 0.168. The lowest BCUT2D eigenvalue weighted by atomic mass is 9.74. The standard InChI is InChI=1S/C48H35N7O3/c1-47(2)34-12-7-5-10-30(34)32-24-26(16-20-36(32)47)28-18-22-40(45-42(28)50-57-53-45)55(39-15-9-14-38-44(39)52-56-49-38)41-23-19-29(43-46(41)54-58-51-43)27-17-21-37-33(25-27)31-11-6-8-13-35(31)48(37,3)4/h5-25,30,34H,1-4H3. The van der Waals surface area contributed by atoms with Crippen LogP contribution in [0.5, 0.6) is 0 Å². The Bertz CT molecular complexity index is 3240. The zero-order valence-electron chi connectivity index (χ0n) is 32.1. The highest BCUT2D eigenvalue weighted by molar-refractivity contribution is 6.09. The van der Waals surface area contributed by atoms with Crippen LogP contribution in [0, 0.1) is 5.92 Å². The molecule has 0 bridgehead atoms. The highest BCUT2D eigenvalue weighted by atomic mass is 16.6. The van der Waals surface area contributed by atoms with E-state index in [2.05, 4.69) is 156 Å². The third-order valence-electron chi connectivity index (χ3n) is 13.1. The summed E-state index contributed by atoms with van der Waals surface area (Å²) in [4.78, 5) is 2.04. The molecule has 10 nitrogen and oxygen atoms in total. The first-order chi connectivity index (χ1) is 28.3. The highest BCUT2D eigenvalue weighted by Gasteiger charge is 2.44. The predicted molar refractivity (Wildman–Crippen MR) is 223 cm³/mol. The molecule has 3 heterocycles. The molecule has 0 aliphatic heterocycles. The Morgan fingerprint density at radius 1 is 0.483 bits per heavy atom. The van der Waals surface area contributed by atoms with Gasteiger partial charge in [0.1, 0.15) is 16.6 Å². The molecule has 0 saturated carbocycles. The molecule has 58 heavy (non-hydrogen) atoms. The minimum Gasteiger partial charge on any atom is -0.303 e. The van der Waals surface area contributed by atoms with Gasteiger partial charge in [-0.3, -0.25) is 0 Å². The van der Waals surface area contributed by atoms with Crippen LogP contribution >= 0.6 is 0 Å². The van der Waals surface area contributed by atoms with E-state index in [0.29, 0.717) is 62.0 Å². The fraction of sp³-hybridized carbons (Fsp3) is 0.167. The normalized spacial score (nSPS) is 18.1. The van der Waals surface area contributed by atoms with Crippen molar-refractivity contribution in [3.05, 3.63) is 150 Å². The predicted octanol–water partition coefficient (Wildman–Crippen LogP) is 11.5. The topological polar surface area (TPSA) is 120 Å². The fourth-order valence-corrected chi connectivity index (χ4v) is 10.1. The van der Waals surface area contributed by atoms with Crippen LogP contribution < -0.4 is 4.90 Å². The molecule has 3 aromatic heterocycles. The Balaban J connectivity index is 1.03. The zero-order valence-corrected chi connectivity index (χ0v) is 32.1. The summed E-state index contributed by atoms with van der Waals surface area (Å²) in [6.45, 7) is 9.25. The first kappa shape index (κ1) is 33.0. The zero-order chi connectivity index (χ0) is 38.9. The van der Waals surface area contributed by atoms with E-state index in [0.717, 1.165) is 22.3 Å². The van der Waals surface area contributed by atoms with Crippen LogP contribution in [-0.4, -0.2) is 30.9 Å². The number of hydrogen-bond donors (Lipinski definition) is 0. The van der Waals surface area contributed by atoms with Gasteiger partial charge in [-0.05, 0) is 129 Å². The monoisotopic (exact) mass is 757 g/mol. The molecule has 0 spiro atoms. The van der Waals surface area contributed by atoms with Gasteiger partial charge >= 0.3 is 0 Å². The number of anilines is 3. The molecule has 0 N–H and O–H groups in total. The number of fused-ring (bicyclic) bond motifs is 9. The Morgan fingerprint density at radius 3 is 1.84 bits per heavy atom. The molecule has 3 aliphatic carbocycles. The van der Waals surface area contributed by atoms with E-state index in [1.807, 2.05) is 35.2 Å². The van der Waals surface area contributed by atoms with Crippen molar-refractivity contribution >= 4 is 50.2 Å². The number of nitrogens with zero attached hydrogens (tertiary/aromatic N) is 7. The summed E-state index contributed by atoms with van der Waals surface area (Å²) in [6, 6.07) is 36.1. The minimum atomic E-state index is -0.0989. The van der Waals surface area contributed by atoms with Crippen LogP contribution in [0.15, 0.2) is 141 Å². The molecule has 12 rings (SSSR count). The molecule has 2 atom stereocenters. The molecule has 3 aliphatic rings. The molecule has 10 heteroatoms. The second-order valence-corrected chi connectivity index (χ2v) is 16.7. The third-order valence-corrected chi connectivity index (χ3v) is 13.1. The lowest BCUT2D eigenvalue weighted by Gasteiger charge is -2.29. The lowest BCUT2D eigenvalue weighted by Crippen LogP contribution is -2.24. The van der Waals surface area contributed by atoms with Crippen LogP contribution in [0.25, 0.3) is 66.5 Å². The molecule has 0 saturated heterocycles. The number of hydrogen-bond acceptors (Lipinski definition) is 10. The minimum absolute atomic E-state index is 0.0195. The molecule has 2 unspecified atom stereocenters. The van der Waals surface area contributed by atoms with E-state index >= 15 is 0 Å². The Kier molecular flexibility index (Phi) is 6.64. The van der Waals surface area contributed by atoms with Crippen molar-refractivity contribution in [1.82, 2.24) is 30.9 Å². The maximum Gasteiger partial charge on any atom is 0.159 e. The Hall–Kier alpha value is -7.20. The fourth-order valence-electron chi connectivity index (χ4n) is 10.1. The van der Waals surface area contributed by atoms with Gasteiger partial charge < -0.3 is 4.90 Å². The van der Waals surface area contributed by atoms with Crippen LogP contribution in [0.1, 0.15) is 55.9 Å². The van der Waals surface area contributed by atoms with Gasteiger partial charge in [-0.15, -0.1) is 0 Å². The van der Waals surface area contributed by atoms with Gasteiger partial charge in [0.2, 0.25) is 0 Å². The van der Waals surface area contributed by atoms with E-state index in [1.54, 1.807) is 0 Å². The Labute approximate surface area is 332 Å². The number of rotatable bonds is 5. The highest BCUT2D eigenvalue weighted by Crippen LogP contribution is 2.54. The molecule has 9 aromatic rings. The van der Waals surface area contributed by atoms with E-state index in [1.165, 1.54) is 33.4 Å². The first-order valence-electron chi connectivity index (χ1n) is 19.6. The van der Waals surface area contributed by atoms with E-state index in [4.69, 9.17) is 13.9 Å². The van der Waals surface area contributed by atoms with Crippen molar-refractivity contribution < 1.29 is 13.9 Å². The number of aromatic nitrogens is 6. The van der Waals surface area contributed by atoms with E-state index in [-0.39, 0.29) is 10.8 Å². The first-order valence-corrected chi connectivity index (χ1v) is 19.6. The molecule has 0 amide bonds. The average Bonchev–Trinajstić information content (AvgIpc) is 4.10. The molecular weight excluding hydrogens is 723 g/mol. The maximum absolute atomic E-state index is 5.56. The summed E-state index contributed by atoms with van der Waals surface area (Å²) in [7, 11) is 0. The van der Waals surface area contributed by atoms with Gasteiger partial charge in [-0.2, -0.15) is 0 Å². The van der Waals surface area contributed by atoms with Gasteiger partial charge in [0.15, 0.2) is 16.6 Å². The summed E-state index contributed by atoms with van der Waals surface area (Å²) in [5, 5.41) is 26.6. The van der Waals surface area contributed by atoms with Crippen molar-refractivity contribution in [3.63, 3.8) is 0 Å². The van der Waals surface area contributed by atoms with Crippen LogP contribution in [0.4, 0.5) is 17.1 Å². The molecule has 0 radical (unpaired) electrons. The maximum atomic E-state index is 5.56. The molecular formula is C48H35N7O3. The SMILES string of the molecule is CC1(C)c2ccccc2-c2cc(-c3ccc(N(c4cccc5nonc45)c4ccc(-c5ccc6c(c5)C5C=CC=CC5C6(C)C)c5nonc45)c4nonc34)ccc21. The third kappa shape index (κ3) is 4.42. The van der Waals surface area contributed by atoms with Crippen LogP contribution in [0.3, 0.4) is 0 Å². The summed E-state index contributed by atoms with van der Waals surface area (Å²) < 4.78 is 16.4. The van der Waals surface area contributed by atoms with Gasteiger partial charge in [-0.1, -0.05) is 113 Å². The van der Waals surface area contributed by atoms with Crippen LogP contribution in [0.2, 0.25) is 0 Å². The lowest BCUT2D eigenvalue weighted by molar-refractivity contribution is 0.315. The number of benzene rings is 6. The smallest absolute Gasteiger partial charge is 0.159 e. The van der Waals surface area contributed by atoms with Crippen molar-refractivity contribution in [2.75, 3.05) is 4.90 Å². The second kappa shape index (κ2) is 11.7. The van der Waals surface area contributed by atoms with Gasteiger partial charge in [0.25, 0.3) is 0 Å². The summed E-state index contributed by atoms with van der Waals surface area (Å²) in [5.74, 6) is 0.718. The number of allylic oxidation sites excluding steroid dienone is 4. The van der Waals surface area contributed by atoms with Crippen molar-refractivity contribution in [2.45, 2.75) is 44.4 Å². The van der Waals surface area contributed by atoms with Gasteiger partial charge in [-0.25, -0.2) is 13.9 Å². The Morgan fingerprint density at radius 2 is 1.09 bits per heavy atom. The molecule has 6 aromatic carbocycles. The van der Waals surface area contributed by atoms with Gasteiger partial charge in [0.05, 0.1) is 17.1 Å². The van der Waals surface area contributed by atoms with Crippen molar-refractivity contribution in [1.29, 1.82) is 0 Å². The second-order valence-electron chi connectivity index (χ2n) is 16.7. The summed E-state index contributed by atoms with van der Waals surface area (Å²) >= 11 is 0. The summed E-state index contributed by atoms with van der Waals surface area (Å²) in [5.41, 5.74) is 17.3. The molecule has 280 valence electrons. The molecule has 0 fully saturated rings. The largest absolute Gasteiger partial charge is 0.303 e. The van der Waals surface area contributed by atoms with Gasteiger partial charge in [0, 0.05) is 22.5 Å². The van der Waals surface area contributed by atoms with Crippen molar-refractivity contribution in [3.8, 4) is 33.4 Å². The average molecular weight is 758 g/mol. The van der Waals surface area contributed by atoms with E-state index in [9.17, 15) is 0 Å². The van der Waals surface area contributed by atoms with E-state index < -0.39 is 0 Å².